The summed E-state index contributed by atoms with van der Waals surface area (Å²) in [5, 5.41) is 0. The third-order valence-electron chi connectivity index (χ3n) is 2.25. The molecule has 0 bridgehead atoms. The van der Waals surface area contributed by atoms with Crippen LogP contribution in [0.15, 0.2) is 0 Å². The van der Waals surface area contributed by atoms with Crippen LogP contribution in [0.1, 0.15) is 25.7 Å². The van der Waals surface area contributed by atoms with E-state index in [1.54, 1.807) is 0 Å². The minimum absolute atomic E-state index is 1.24. The summed E-state index contributed by atoms with van der Waals surface area (Å²) in [6, 6.07) is 0. The molecule has 0 heterocycles. The molecule has 0 amide bonds. The number of hydrogen-bond donors (Lipinski definition) is 1. The minimum atomic E-state index is -5.84. The monoisotopic (exact) mass is 322 g/mol. The molecular formula is C11H25F3N2O3S. The van der Waals surface area contributed by atoms with E-state index in [-0.39, 0.29) is 0 Å². The van der Waals surface area contributed by atoms with E-state index < -0.39 is 15.6 Å². The summed E-state index contributed by atoms with van der Waals surface area (Å²) >= 11 is 0. The van der Waals surface area contributed by atoms with Gasteiger partial charge >= 0.3 is 15.6 Å². The maximum atomic E-state index is 10.7. The molecule has 9 heteroatoms. The zero-order valence-corrected chi connectivity index (χ0v) is 13.3. The van der Waals surface area contributed by atoms with Crippen molar-refractivity contribution in [2.24, 2.45) is 0 Å². The Morgan fingerprint density at radius 2 is 1.10 bits per heavy atom. The molecular weight excluding hydrogens is 297 g/mol. The molecule has 0 aromatic rings. The van der Waals surface area contributed by atoms with Crippen molar-refractivity contribution in [3.05, 3.63) is 0 Å². The van der Waals surface area contributed by atoms with Gasteiger partial charge in [0.15, 0.2) is 0 Å². The van der Waals surface area contributed by atoms with E-state index in [0.29, 0.717) is 0 Å². The van der Waals surface area contributed by atoms with Crippen molar-refractivity contribution in [1.29, 1.82) is 0 Å². The number of alkyl halides is 3. The Labute approximate surface area is 119 Å². The molecule has 0 spiro atoms. The smallest absolute Gasteiger partial charge is 0.309 e. The minimum Gasteiger partial charge on any atom is -0.309 e. The fourth-order valence-electron chi connectivity index (χ4n) is 1.21. The number of unbranched alkanes of at least 4 members (excludes halogenated alkanes) is 3. The predicted octanol–water partition coefficient (Wildman–Crippen LogP) is 2.06. The lowest BCUT2D eigenvalue weighted by atomic mass is 10.2. The maximum Gasteiger partial charge on any atom is 0.522 e. The van der Waals surface area contributed by atoms with Crippen molar-refractivity contribution in [3.8, 4) is 0 Å². The molecule has 0 radical (unpaired) electrons. The van der Waals surface area contributed by atoms with E-state index in [2.05, 4.69) is 38.0 Å². The first kappa shape index (κ1) is 21.9. The maximum absolute atomic E-state index is 10.7. The zero-order chi connectivity index (χ0) is 16.4. The van der Waals surface area contributed by atoms with Gasteiger partial charge in [-0.05, 0) is 54.1 Å². The van der Waals surface area contributed by atoms with Crippen molar-refractivity contribution in [2.75, 3.05) is 41.3 Å². The molecule has 0 aliphatic heterocycles. The van der Waals surface area contributed by atoms with Gasteiger partial charge in [-0.3, -0.25) is 4.55 Å². The van der Waals surface area contributed by atoms with Crippen molar-refractivity contribution < 1.29 is 26.1 Å². The van der Waals surface area contributed by atoms with Gasteiger partial charge in [0.2, 0.25) is 0 Å². The average Bonchev–Trinajstić information content (AvgIpc) is 2.20. The molecule has 0 fully saturated rings. The van der Waals surface area contributed by atoms with Gasteiger partial charge in [0, 0.05) is 0 Å². The van der Waals surface area contributed by atoms with Gasteiger partial charge in [-0.15, -0.1) is 0 Å². The molecule has 1 N–H and O–H groups in total. The second-order valence-electron chi connectivity index (χ2n) is 4.94. The lowest BCUT2D eigenvalue weighted by Crippen LogP contribution is -2.21. The van der Waals surface area contributed by atoms with Gasteiger partial charge in [-0.1, -0.05) is 12.8 Å². The number of rotatable bonds is 7. The van der Waals surface area contributed by atoms with Gasteiger partial charge in [0.1, 0.15) is 0 Å². The quantitative estimate of drug-likeness (QED) is 0.442. The first-order valence-corrected chi connectivity index (χ1v) is 7.65. The third-order valence-corrected chi connectivity index (χ3v) is 2.84. The Hall–Kier alpha value is -0.380. The van der Waals surface area contributed by atoms with Gasteiger partial charge in [-0.25, -0.2) is 0 Å². The van der Waals surface area contributed by atoms with Crippen molar-refractivity contribution >= 4 is 10.1 Å². The lowest BCUT2D eigenvalue weighted by Gasteiger charge is -2.10. The molecule has 5 nitrogen and oxygen atoms in total. The van der Waals surface area contributed by atoms with Crippen LogP contribution < -0.4 is 0 Å². The topological polar surface area (TPSA) is 60.9 Å². The van der Waals surface area contributed by atoms with Crippen LogP contribution in [0.3, 0.4) is 0 Å². The summed E-state index contributed by atoms with van der Waals surface area (Å²) in [5.74, 6) is 0. The average molecular weight is 322 g/mol. The fourth-order valence-corrected chi connectivity index (χ4v) is 1.21. The molecule has 0 aliphatic carbocycles. The Kier molecular flexibility index (Phi) is 11.4. The SMILES string of the molecule is CN(C)CCCCCCN(C)C.O=S(=O)(O)C(F)(F)F. The van der Waals surface area contributed by atoms with E-state index in [1.807, 2.05) is 0 Å². The van der Waals surface area contributed by atoms with E-state index >= 15 is 0 Å². The molecule has 0 aliphatic rings. The Bertz CT molecular complexity index is 318. The van der Waals surface area contributed by atoms with Gasteiger partial charge in [0.05, 0.1) is 0 Å². The highest BCUT2D eigenvalue weighted by atomic mass is 32.2. The largest absolute Gasteiger partial charge is 0.522 e. The van der Waals surface area contributed by atoms with Crippen molar-refractivity contribution in [3.63, 3.8) is 0 Å². The first-order valence-electron chi connectivity index (χ1n) is 6.21. The van der Waals surface area contributed by atoms with Gasteiger partial charge in [0.25, 0.3) is 0 Å². The van der Waals surface area contributed by atoms with Crippen LogP contribution in [0.25, 0.3) is 0 Å². The van der Waals surface area contributed by atoms with Crippen LogP contribution in [0.2, 0.25) is 0 Å². The highest BCUT2D eigenvalue weighted by Gasteiger charge is 2.44. The molecule has 0 atom stereocenters. The summed E-state index contributed by atoms with van der Waals surface area (Å²) in [7, 11) is 2.71. The van der Waals surface area contributed by atoms with Crippen LogP contribution in [0.4, 0.5) is 13.2 Å². The summed E-state index contributed by atoms with van der Waals surface area (Å²) in [4.78, 5) is 4.51. The number of hydrogen-bond acceptors (Lipinski definition) is 4. The van der Waals surface area contributed by atoms with Crippen LogP contribution >= 0.6 is 0 Å². The molecule has 0 saturated carbocycles. The Morgan fingerprint density at radius 3 is 1.25 bits per heavy atom. The molecule has 0 rings (SSSR count). The molecule has 0 aromatic carbocycles. The highest BCUT2D eigenvalue weighted by Crippen LogP contribution is 2.20. The van der Waals surface area contributed by atoms with E-state index in [9.17, 15) is 13.2 Å². The number of halogens is 3. The lowest BCUT2D eigenvalue weighted by molar-refractivity contribution is -0.0510. The van der Waals surface area contributed by atoms with E-state index in [0.717, 1.165) is 0 Å². The Morgan fingerprint density at radius 1 is 0.850 bits per heavy atom. The summed E-state index contributed by atoms with van der Waals surface area (Å²) in [5.41, 5.74) is -5.53. The van der Waals surface area contributed by atoms with Gasteiger partial charge in [-0.2, -0.15) is 21.6 Å². The van der Waals surface area contributed by atoms with Crippen LogP contribution in [0, 0.1) is 0 Å². The predicted molar refractivity (Wildman–Crippen MR) is 73.2 cm³/mol. The van der Waals surface area contributed by atoms with E-state index in [4.69, 9.17) is 13.0 Å². The van der Waals surface area contributed by atoms with Crippen molar-refractivity contribution in [2.45, 2.75) is 31.2 Å². The van der Waals surface area contributed by atoms with Crippen LogP contribution in [-0.4, -0.2) is 69.6 Å². The molecule has 124 valence electrons. The fraction of sp³-hybridized carbons (Fsp3) is 1.00. The van der Waals surface area contributed by atoms with Crippen LogP contribution in [-0.2, 0) is 10.1 Å². The number of nitrogens with zero attached hydrogens (tertiary/aromatic N) is 2. The molecule has 0 saturated heterocycles. The second-order valence-corrected chi connectivity index (χ2v) is 6.35. The van der Waals surface area contributed by atoms with E-state index in [1.165, 1.54) is 38.8 Å². The second kappa shape index (κ2) is 10.4. The van der Waals surface area contributed by atoms with Gasteiger partial charge < -0.3 is 9.80 Å². The third kappa shape index (κ3) is 15.7. The summed E-state index contributed by atoms with van der Waals surface area (Å²) < 4.78 is 57.5. The summed E-state index contributed by atoms with van der Waals surface area (Å²) in [6.07, 6.45) is 5.46. The molecule has 20 heavy (non-hydrogen) atoms. The van der Waals surface area contributed by atoms with Crippen molar-refractivity contribution in [1.82, 2.24) is 9.80 Å². The standard InChI is InChI=1S/C10H24N2.CHF3O3S/c1-11(2)9-7-5-6-8-10-12(3)4;2-1(3,4)8(5,6)7/h5-10H2,1-4H3;(H,5,6,7). The molecule has 0 aromatic heterocycles. The zero-order valence-electron chi connectivity index (χ0n) is 12.4. The highest BCUT2D eigenvalue weighted by molar-refractivity contribution is 7.86. The first-order chi connectivity index (χ1) is 8.88. The normalized spacial score (nSPS) is 12.5. The van der Waals surface area contributed by atoms with Crippen LogP contribution in [0.5, 0.6) is 0 Å². The Balaban J connectivity index is 0. The summed E-state index contributed by atoms with van der Waals surface area (Å²) in [6.45, 7) is 2.48. The molecule has 0 unspecified atom stereocenters.